The predicted molar refractivity (Wildman–Crippen MR) is 130 cm³/mol. The first kappa shape index (κ1) is 21.5. The van der Waals surface area contributed by atoms with E-state index in [-0.39, 0.29) is 0 Å². The van der Waals surface area contributed by atoms with E-state index in [0.717, 1.165) is 40.9 Å². The van der Waals surface area contributed by atoms with Crippen LogP contribution in [0.3, 0.4) is 0 Å². The summed E-state index contributed by atoms with van der Waals surface area (Å²) >= 11 is 0. The third-order valence-electron chi connectivity index (χ3n) is 6.89. The Morgan fingerprint density at radius 2 is 1.94 bits per heavy atom. The maximum Gasteiger partial charge on any atom is 0.155 e. The fourth-order valence-electron chi connectivity index (χ4n) is 4.83. The monoisotopic (exact) mass is 445 g/mol. The summed E-state index contributed by atoms with van der Waals surface area (Å²) in [7, 11) is 7.88. The Balaban J connectivity index is 1.57. The second kappa shape index (κ2) is 7.90. The normalized spacial score (nSPS) is 21.5. The van der Waals surface area contributed by atoms with Crippen LogP contribution in [0.1, 0.15) is 12.2 Å². The summed E-state index contributed by atoms with van der Waals surface area (Å²) in [5.74, 6) is 1.22. The van der Waals surface area contributed by atoms with Crippen molar-refractivity contribution in [2.24, 2.45) is 18.5 Å². The second-order valence-electron chi connectivity index (χ2n) is 9.23. The molecule has 0 saturated carbocycles. The van der Waals surface area contributed by atoms with Gasteiger partial charge in [0.25, 0.3) is 0 Å². The quantitative estimate of drug-likeness (QED) is 0.621. The molecule has 8 heteroatoms. The van der Waals surface area contributed by atoms with Crippen LogP contribution in [0.25, 0.3) is 22.2 Å². The van der Waals surface area contributed by atoms with Crippen molar-refractivity contribution in [1.29, 1.82) is 0 Å². The summed E-state index contributed by atoms with van der Waals surface area (Å²) < 4.78 is 7.66. The van der Waals surface area contributed by atoms with Crippen molar-refractivity contribution < 1.29 is 4.74 Å². The highest BCUT2D eigenvalue weighted by Crippen LogP contribution is 2.40. The minimum absolute atomic E-state index is 0.393. The van der Waals surface area contributed by atoms with Crippen molar-refractivity contribution in [2.45, 2.75) is 18.0 Å². The van der Waals surface area contributed by atoms with Crippen molar-refractivity contribution >= 4 is 10.9 Å². The van der Waals surface area contributed by atoms with E-state index in [4.69, 9.17) is 21.2 Å². The number of hydrogen-bond donors (Lipinski definition) is 2. The molecule has 5 rings (SSSR count). The number of ether oxygens (including phenoxy) is 1. The Morgan fingerprint density at radius 3 is 2.67 bits per heavy atom. The topological polar surface area (TPSA) is 98.5 Å². The Bertz CT molecular complexity index is 1270. The smallest absolute Gasteiger partial charge is 0.155 e. The molecule has 1 aliphatic carbocycles. The minimum atomic E-state index is -0.940. The number of aryl methyl sites for hydroxylation is 1. The van der Waals surface area contributed by atoms with Crippen LogP contribution in [0.2, 0.25) is 0 Å². The molecule has 1 aromatic carbocycles. The molecule has 0 spiro atoms. The van der Waals surface area contributed by atoms with Crippen LogP contribution in [-0.4, -0.2) is 64.7 Å². The van der Waals surface area contributed by atoms with E-state index in [2.05, 4.69) is 51.8 Å². The molecule has 4 N–H and O–H groups in total. The summed E-state index contributed by atoms with van der Waals surface area (Å²) in [4.78, 5) is 14.1. The molecular weight excluding hydrogens is 414 g/mol. The van der Waals surface area contributed by atoms with Crippen molar-refractivity contribution in [1.82, 2.24) is 24.3 Å². The van der Waals surface area contributed by atoms with Gasteiger partial charge in [0.15, 0.2) is 5.82 Å². The van der Waals surface area contributed by atoms with E-state index in [1.165, 1.54) is 0 Å². The molecule has 33 heavy (non-hydrogen) atoms. The molecule has 1 atom stereocenters. The van der Waals surface area contributed by atoms with Crippen LogP contribution in [0.5, 0.6) is 0 Å². The highest BCUT2D eigenvalue weighted by molar-refractivity contribution is 5.95. The Labute approximate surface area is 194 Å². The van der Waals surface area contributed by atoms with E-state index in [1.807, 2.05) is 31.3 Å². The number of aromatic nitrogens is 3. The van der Waals surface area contributed by atoms with Gasteiger partial charge in [0.05, 0.1) is 18.5 Å². The van der Waals surface area contributed by atoms with Gasteiger partial charge in [-0.05, 0) is 26.2 Å². The summed E-state index contributed by atoms with van der Waals surface area (Å²) in [6, 6.07) is 10.7. The fourth-order valence-corrected chi connectivity index (χ4v) is 4.83. The molecule has 2 aromatic heterocycles. The standard InChI is InChI=1S/C25H31N7O/c1-30(2)16-13-32(14-16)23-11-22(33-4)19(26)12-25(23,27)24-28-10-9-20(29-24)18-15-31(3)21-8-6-5-7-17(18)21/h5-11,15-16H,12-14,26-27H2,1-4H3. The van der Waals surface area contributed by atoms with Crippen LogP contribution in [0.4, 0.5) is 0 Å². The van der Waals surface area contributed by atoms with Gasteiger partial charge in [-0.3, -0.25) is 0 Å². The molecule has 0 bridgehead atoms. The maximum absolute atomic E-state index is 7.11. The minimum Gasteiger partial charge on any atom is -0.495 e. The number of fused-ring (bicyclic) bond motifs is 1. The lowest BCUT2D eigenvalue weighted by Crippen LogP contribution is -2.61. The number of allylic oxidation sites excluding steroid dienone is 1. The zero-order chi connectivity index (χ0) is 23.3. The zero-order valence-electron chi connectivity index (χ0n) is 19.6. The molecular formula is C25H31N7O. The molecule has 3 heterocycles. The number of benzene rings is 1. The highest BCUT2D eigenvalue weighted by atomic mass is 16.5. The highest BCUT2D eigenvalue weighted by Gasteiger charge is 2.45. The summed E-state index contributed by atoms with van der Waals surface area (Å²) in [5.41, 5.74) is 17.1. The lowest BCUT2D eigenvalue weighted by Gasteiger charge is -2.50. The lowest BCUT2D eigenvalue weighted by molar-refractivity contribution is 0.0756. The van der Waals surface area contributed by atoms with Gasteiger partial charge in [0, 0.05) is 73.2 Å². The molecule has 0 amide bonds. The van der Waals surface area contributed by atoms with Crippen molar-refractivity contribution in [3.63, 3.8) is 0 Å². The van der Waals surface area contributed by atoms with Gasteiger partial charge >= 0.3 is 0 Å². The van der Waals surface area contributed by atoms with Crippen molar-refractivity contribution in [3.8, 4) is 11.3 Å². The maximum atomic E-state index is 7.11. The Kier molecular flexibility index (Phi) is 5.14. The van der Waals surface area contributed by atoms with Crippen LogP contribution >= 0.6 is 0 Å². The molecule has 172 valence electrons. The van der Waals surface area contributed by atoms with Crippen LogP contribution in [-0.2, 0) is 17.3 Å². The number of nitrogens with zero attached hydrogens (tertiary/aromatic N) is 5. The van der Waals surface area contributed by atoms with Crippen LogP contribution in [0.15, 0.2) is 66.0 Å². The number of likely N-dealkylation sites (N-methyl/N-ethyl adjacent to an activating group) is 1. The van der Waals surface area contributed by atoms with Crippen molar-refractivity contribution in [2.75, 3.05) is 34.3 Å². The van der Waals surface area contributed by atoms with Gasteiger partial charge < -0.3 is 30.6 Å². The van der Waals surface area contributed by atoms with Gasteiger partial charge in [-0.25, -0.2) is 9.97 Å². The largest absolute Gasteiger partial charge is 0.495 e. The SMILES string of the molecule is COC1=C(N)CC(N)(c2nccc(-c3cn(C)c4ccccc34)n2)C(N2CC(N(C)C)C2)=C1. The second-order valence-corrected chi connectivity index (χ2v) is 9.23. The third kappa shape index (κ3) is 3.46. The number of nitrogens with two attached hydrogens (primary N) is 2. The molecule has 1 saturated heterocycles. The predicted octanol–water partition coefficient (Wildman–Crippen LogP) is 2.14. The Morgan fingerprint density at radius 1 is 1.18 bits per heavy atom. The average molecular weight is 446 g/mol. The van der Waals surface area contributed by atoms with Gasteiger partial charge in [0.1, 0.15) is 11.3 Å². The van der Waals surface area contributed by atoms with E-state index >= 15 is 0 Å². The Hall–Kier alpha value is -3.36. The van der Waals surface area contributed by atoms with Gasteiger partial charge in [-0.15, -0.1) is 0 Å². The molecule has 8 nitrogen and oxygen atoms in total. The lowest BCUT2D eigenvalue weighted by atomic mass is 9.82. The molecule has 3 aromatic rings. The van der Waals surface area contributed by atoms with Gasteiger partial charge in [0.2, 0.25) is 0 Å². The van der Waals surface area contributed by atoms with Gasteiger partial charge in [-0.2, -0.15) is 0 Å². The van der Waals surface area contributed by atoms with Gasteiger partial charge in [-0.1, -0.05) is 18.2 Å². The summed E-state index contributed by atoms with van der Waals surface area (Å²) in [6.45, 7) is 1.77. The first-order valence-electron chi connectivity index (χ1n) is 11.1. The summed E-state index contributed by atoms with van der Waals surface area (Å²) in [5, 5.41) is 1.15. The summed E-state index contributed by atoms with van der Waals surface area (Å²) in [6.07, 6.45) is 6.24. The number of rotatable bonds is 5. The molecule has 1 aliphatic heterocycles. The first-order chi connectivity index (χ1) is 15.8. The first-order valence-corrected chi connectivity index (χ1v) is 11.1. The number of hydrogen-bond acceptors (Lipinski definition) is 7. The van der Waals surface area contributed by atoms with E-state index in [0.29, 0.717) is 29.7 Å². The number of likely N-dealkylation sites (tertiary alicyclic amines) is 1. The van der Waals surface area contributed by atoms with Crippen LogP contribution < -0.4 is 11.5 Å². The van der Waals surface area contributed by atoms with E-state index in [9.17, 15) is 0 Å². The van der Waals surface area contributed by atoms with Crippen LogP contribution in [0, 0.1) is 0 Å². The number of methoxy groups -OCH3 is 1. The molecule has 1 fully saturated rings. The third-order valence-corrected chi connectivity index (χ3v) is 6.89. The zero-order valence-corrected chi connectivity index (χ0v) is 19.6. The molecule has 1 unspecified atom stereocenters. The fraction of sp³-hybridized carbons (Fsp3) is 0.360. The molecule has 0 radical (unpaired) electrons. The van der Waals surface area contributed by atoms with Crippen molar-refractivity contribution in [3.05, 3.63) is 71.8 Å². The number of para-hydroxylation sites is 1. The van der Waals surface area contributed by atoms with E-state index in [1.54, 1.807) is 13.3 Å². The average Bonchev–Trinajstić information content (AvgIpc) is 3.11. The molecule has 2 aliphatic rings. The van der Waals surface area contributed by atoms with E-state index < -0.39 is 5.54 Å².